The molecule has 1 aliphatic heterocycles. The summed E-state index contributed by atoms with van der Waals surface area (Å²) in [5, 5.41) is 8.09. The van der Waals surface area contributed by atoms with E-state index in [4.69, 9.17) is 13.8 Å². The van der Waals surface area contributed by atoms with E-state index in [0.717, 1.165) is 48.2 Å². The van der Waals surface area contributed by atoms with E-state index in [1.807, 2.05) is 13.8 Å². The molecule has 4 rings (SSSR count). The molecule has 1 unspecified atom stereocenters. The van der Waals surface area contributed by atoms with Crippen LogP contribution in [0.3, 0.4) is 0 Å². The number of rotatable bonds is 6. The van der Waals surface area contributed by atoms with Crippen LogP contribution in [-0.2, 0) is 17.9 Å². The van der Waals surface area contributed by atoms with Gasteiger partial charge in [0.15, 0.2) is 5.82 Å². The Hall–Kier alpha value is -1.73. The zero-order valence-electron chi connectivity index (χ0n) is 14.3. The van der Waals surface area contributed by atoms with Crippen molar-refractivity contribution >= 4 is 0 Å². The van der Waals surface area contributed by atoms with Gasteiger partial charge in [-0.25, -0.2) is 0 Å². The molecule has 1 atom stereocenters. The van der Waals surface area contributed by atoms with Crippen molar-refractivity contribution in [2.24, 2.45) is 0 Å². The van der Waals surface area contributed by atoms with E-state index < -0.39 is 0 Å². The van der Waals surface area contributed by atoms with Gasteiger partial charge in [0, 0.05) is 24.6 Å². The molecule has 130 valence electrons. The summed E-state index contributed by atoms with van der Waals surface area (Å²) < 4.78 is 16.6. The van der Waals surface area contributed by atoms with Crippen LogP contribution in [0.5, 0.6) is 0 Å². The molecular weight excluding hydrogens is 308 g/mol. The second-order valence-corrected chi connectivity index (χ2v) is 6.93. The highest BCUT2D eigenvalue weighted by atomic mass is 16.5. The van der Waals surface area contributed by atoms with Gasteiger partial charge in [0.2, 0.25) is 5.89 Å². The highest BCUT2D eigenvalue weighted by Crippen LogP contribution is 2.34. The third kappa shape index (κ3) is 3.23. The molecule has 0 radical (unpaired) electrons. The van der Waals surface area contributed by atoms with Gasteiger partial charge in [0.1, 0.15) is 5.76 Å². The van der Waals surface area contributed by atoms with E-state index in [2.05, 4.69) is 20.2 Å². The molecular formula is C17H24N4O3. The monoisotopic (exact) mass is 332 g/mol. The highest BCUT2D eigenvalue weighted by Gasteiger charge is 2.28. The number of likely N-dealkylation sites (tertiary alicyclic amines) is 1. The third-order valence-corrected chi connectivity index (χ3v) is 5.19. The zero-order chi connectivity index (χ0) is 16.5. The maximum Gasteiger partial charge on any atom is 0.240 e. The third-order valence-electron chi connectivity index (χ3n) is 5.19. The molecule has 0 bridgehead atoms. The molecule has 0 N–H and O–H groups in total. The molecule has 7 nitrogen and oxygen atoms in total. The van der Waals surface area contributed by atoms with Crippen LogP contribution >= 0.6 is 0 Å². The quantitative estimate of drug-likeness (QED) is 0.805. The fourth-order valence-electron chi connectivity index (χ4n) is 3.34. The first kappa shape index (κ1) is 15.8. The van der Waals surface area contributed by atoms with Gasteiger partial charge in [0.05, 0.1) is 24.9 Å². The number of ether oxygens (including phenoxy) is 1. The topological polar surface area (TPSA) is 77.4 Å². The van der Waals surface area contributed by atoms with Crippen molar-refractivity contribution in [3.8, 4) is 0 Å². The van der Waals surface area contributed by atoms with Gasteiger partial charge in [-0.2, -0.15) is 4.98 Å². The summed E-state index contributed by atoms with van der Waals surface area (Å²) in [6.45, 7) is 7.04. The summed E-state index contributed by atoms with van der Waals surface area (Å²) in [5.41, 5.74) is 1.98. The summed E-state index contributed by atoms with van der Waals surface area (Å²) in [4.78, 5) is 6.87. The molecule has 24 heavy (non-hydrogen) atoms. The molecule has 0 amide bonds. The van der Waals surface area contributed by atoms with Crippen LogP contribution in [0.2, 0.25) is 0 Å². The Balaban J connectivity index is 1.26. The van der Waals surface area contributed by atoms with Crippen molar-refractivity contribution in [3.05, 3.63) is 28.7 Å². The maximum absolute atomic E-state index is 6.04. The Morgan fingerprint density at radius 2 is 2.04 bits per heavy atom. The lowest BCUT2D eigenvalue weighted by molar-refractivity contribution is 0.0446. The zero-order valence-corrected chi connectivity index (χ0v) is 14.3. The minimum absolute atomic E-state index is 0.229. The second-order valence-electron chi connectivity index (χ2n) is 6.93. The van der Waals surface area contributed by atoms with E-state index in [1.54, 1.807) is 0 Å². The molecule has 1 saturated heterocycles. The minimum Gasteiger partial charge on any atom is -0.372 e. The van der Waals surface area contributed by atoms with Crippen molar-refractivity contribution in [2.75, 3.05) is 13.1 Å². The Kier molecular flexibility index (Phi) is 4.37. The van der Waals surface area contributed by atoms with Crippen LogP contribution in [0, 0.1) is 13.8 Å². The lowest BCUT2D eigenvalue weighted by atomic mass is 9.85. The van der Waals surface area contributed by atoms with Crippen molar-refractivity contribution in [1.29, 1.82) is 0 Å². The maximum atomic E-state index is 6.04. The average molecular weight is 332 g/mol. The van der Waals surface area contributed by atoms with E-state index in [1.165, 1.54) is 19.3 Å². The largest absolute Gasteiger partial charge is 0.372 e. The molecule has 2 aliphatic rings. The Labute approximate surface area is 141 Å². The minimum atomic E-state index is 0.229. The Morgan fingerprint density at radius 1 is 1.17 bits per heavy atom. The first-order valence-corrected chi connectivity index (χ1v) is 8.77. The fourth-order valence-corrected chi connectivity index (χ4v) is 3.34. The van der Waals surface area contributed by atoms with Crippen molar-refractivity contribution < 1.29 is 13.8 Å². The summed E-state index contributed by atoms with van der Waals surface area (Å²) >= 11 is 0. The SMILES string of the molecule is Cc1noc(C)c1COC1CCN(Cc2nc(C3CCC3)no2)C1. The number of aryl methyl sites for hydroxylation is 2. The number of hydrogen-bond donors (Lipinski definition) is 0. The lowest BCUT2D eigenvalue weighted by Crippen LogP contribution is -2.23. The van der Waals surface area contributed by atoms with E-state index in [0.29, 0.717) is 19.1 Å². The van der Waals surface area contributed by atoms with Crippen LogP contribution in [0.15, 0.2) is 9.05 Å². The van der Waals surface area contributed by atoms with Gasteiger partial charge in [-0.1, -0.05) is 16.7 Å². The van der Waals surface area contributed by atoms with Crippen LogP contribution in [0.1, 0.15) is 60.3 Å². The molecule has 0 spiro atoms. The molecule has 2 aromatic heterocycles. The predicted molar refractivity (Wildman–Crippen MR) is 85.3 cm³/mol. The molecule has 0 aromatic carbocycles. The van der Waals surface area contributed by atoms with Crippen LogP contribution < -0.4 is 0 Å². The molecule has 3 heterocycles. The highest BCUT2D eigenvalue weighted by molar-refractivity contribution is 5.19. The molecule has 2 aromatic rings. The predicted octanol–water partition coefficient (Wildman–Crippen LogP) is 2.73. The number of aromatic nitrogens is 3. The van der Waals surface area contributed by atoms with Crippen LogP contribution in [-0.4, -0.2) is 39.4 Å². The van der Waals surface area contributed by atoms with Crippen LogP contribution in [0.4, 0.5) is 0 Å². The Morgan fingerprint density at radius 3 is 2.75 bits per heavy atom. The van der Waals surface area contributed by atoms with Gasteiger partial charge >= 0.3 is 0 Å². The van der Waals surface area contributed by atoms with Gasteiger partial charge in [-0.05, 0) is 33.1 Å². The van der Waals surface area contributed by atoms with E-state index in [9.17, 15) is 0 Å². The smallest absolute Gasteiger partial charge is 0.240 e. The van der Waals surface area contributed by atoms with Crippen molar-refractivity contribution in [1.82, 2.24) is 20.2 Å². The number of hydrogen-bond acceptors (Lipinski definition) is 7. The first-order chi connectivity index (χ1) is 11.7. The lowest BCUT2D eigenvalue weighted by Gasteiger charge is -2.21. The fraction of sp³-hybridized carbons (Fsp3) is 0.706. The van der Waals surface area contributed by atoms with Crippen molar-refractivity contribution in [3.63, 3.8) is 0 Å². The normalized spacial score (nSPS) is 22.2. The van der Waals surface area contributed by atoms with Gasteiger partial charge in [-0.3, -0.25) is 4.90 Å². The summed E-state index contributed by atoms with van der Waals surface area (Å²) in [7, 11) is 0. The number of nitrogens with zero attached hydrogens (tertiary/aromatic N) is 4. The summed E-state index contributed by atoms with van der Waals surface area (Å²) in [6, 6.07) is 0. The first-order valence-electron chi connectivity index (χ1n) is 8.77. The van der Waals surface area contributed by atoms with Gasteiger partial charge in [-0.15, -0.1) is 0 Å². The van der Waals surface area contributed by atoms with Gasteiger partial charge < -0.3 is 13.8 Å². The summed E-state index contributed by atoms with van der Waals surface area (Å²) in [6.07, 6.45) is 4.92. The second kappa shape index (κ2) is 6.64. The summed E-state index contributed by atoms with van der Waals surface area (Å²) in [5.74, 6) is 2.98. The average Bonchev–Trinajstić information content (AvgIpc) is 3.20. The Bertz CT molecular complexity index is 672. The molecule has 2 fully saturated rings. The molecule has 7 heteroatoms. The van der Waals surface area contributed by atoms with Gasteiger partial charge in [0.25, 0.3) is 0 Å². The van der Waals surface area contributed by atoms with E-state index >= 15 is 0 Å². The van der Waals surface area contributed by atoms with Crippen LogP contribution in [0.25, 0.3) is 0 Å². The van der Waals surface area contributed by atoms with Crippen molar-refractivity contribution in [2.45, 2.75) is 64.7 Å². The molecule has 1 saturated carbocycles. The van der Waals surface area contributed by atoms with E-state index in [-0.39, 0.29) is 6.10 Å². The standard InChI is InChI=1S/C17H24N4O3/c1-11-15(12(2)23-19-11)10-22-14-6-7-21(8-14)9-16-18-17(20-24-16)13-4-3-5-13/h13-14H,3-10H2,1-2H3. The molecule has 1 aliphatic carbocycles.